The van der Waals surface area contributed by atoms with E-state index in [1.807, 2.05) is 71.4 Å². The molecule has 0 N–H and O–H groups in total. The summed E-state index contributed by atoms with van der Waals surface area (Å²) in [6.45, 7) is 4.94. The number of anilines is 2. The van der Waals surface area contributed by atoms with Crippen molar-refractivity contribution in [3.8, 4) is 0 Å². The Morgan fingerprint density at radius 1 is 1.08 bits per heavy atom. The minimum absolute atomic E-state index is 0.0309. The molecule has 0 saturated carbocycles. The van der Waals surface area contributed by atoms with E-state index in [2.05, 4.69) is 0 Å². The quantitative estimate of drug-likeness (QED) is 0.855. The first-order valence-electron chi connectivity index (χ1n) is 9.16. The molecule has 0 bridgehead atoms. The van der Waals surface area contributed by atoms with Gasteiger partial charge in [-0.15, -0.1) is 0 Å². The maximum absolute atomic E-state index is 13.2. The number of amides is 2. The number of hydrogen-bond acceptors (Lipinski definition) is 3. The van der Waals surface area contributed by atoms with E-state index in [0.29, 0.717) is 6.54 Å². The van der Waals surface area contributed by atoms with Crippen LogP contribution in [0.3, 0.4) is 0 Å². The molecule has 26 heavy (non-hydrogen) atoms. The lowest BCUT2D eigenvalue weighted by Crippen LogP contribution is -2.48. The molecule has 1 saturated heterocycles. The maximum Gasteiger partial charge on any atom is 0.238 e. The number of hydrazine groups is 1. The Kier molecular flexibility index (Phi) is 4.15. The first kappa shape index (κ1) is 16.6. The highest BCUT2D eigenvalue weighted by molar-refractivity contribution is 6.05. The lowest BCUT2D eigenvalue weighted by molar-refractivity contribution is -0.131. The van der Waals surface area contributed by atoms with E-state index in [9.17, 15) is 9.59 Å². The largest absolute Gasteiger partial charge is 0.312 e. The number of likely N-dealkylation sites (N-methyl/N-ethyl adjacent to an activating group) is 1. The molecule has 2 unspecified atom stereocenters. The smallest absolute Gasteiger partial charge is 0.238 e. The molecule has 2 heterocycles. The topological polar surface area (TPSA) is 43.9 Å². The summed E-state index contributed by atoms with van der Waals surface area (Å²) in [6.07, 6.45) is 0.775. The number of carbonyl (C=O) groups excluding carboxylic acids is 2. The highest BCUT2D eigenvalue weighted by Gasteiger charge is 2.48. The second kappa shape index (κ2) is 6.48. The van der Waals surface area contributed by atoms with Gasteiger partial charge in [0.05, 0.1) is 17.6 Å². The lowest BCUT2D eigenvalue weighted by atomic mass is 9.91. The van der Waals surface area contributed by atoms with Crippen LogP contribution in [0.5, 0.6) is 0 Å². The Morgan fingerprint density at radius 2 is 1.77 bits per heavy atom. The third-order valence-electron chi connectivity index (χ3n) is 5.38. The van der Waals surface area contributed by atoms with Crippen molar-refractivity contribution in [1.82, 2.24) is 5.01 Å². The highest BCUT2D eigenvalue weighted by Crippen LogP contribution is 2.43. The van der Waals surface area contributed by atoms with E-state index < -0.39 is 0 Å². The van der Waals surface area contributed by atoms with E-state index in [1.54, 1.807) is 11.9 Å². The fourth-order valence-corrected chi connectivity index (χ4v) is 4.34. The van der Waals surface area contributed by atoms with Gasteiger partial charge in [0.1, 0.15) is 0 Å². The van der Waals surface area contributed by atoms with Crippen molar-refractivity contribution in [2.24, 2.45) is 0 Å². The standard InChI is InChI=1S/C21H23N3O2/c1-3-22-18-12-8-7-11-17(18)20(21(22)26)19-13-14-23(24(19)15(2)25)16-9-5-4-6-10-16/h4-12,19-20H,3,13-14H2,1-2H3. The Balaban J connectivity index is 1.73. The van der Waals surface area contributed by atoms with Gasteiger partial charge in [0.25, 0.3) is 0 Å². The zero-order valence-corrected chi connectivity index (χ0v) is 15.1. The molecule has 5 heteroatoms. The van der Waals surface area contributed by atoms with E-state index in [1.165, 1.54) is 0 Å². The van der Waals surface area contributed by atoms with Crippen LogP contribution in [0.25, 0.3) is 0 Å². The Hall–Kier alpha value is -2.82. The molecular formula is C21H23N3O2. The van der Waals surface area contributed by atoms with E-state index in [-0.39, 0.29) is 23.8 Å². The molecule has 5 nitrogen and oxygen atoms in total. The minimum atomic E-state index is -0.302. The number of para-hydroxylation sites is 2. The van der Waals surface area contributed by atoms with Gasteiger partial charge >= 0.3 is 0 Å². The molecule has 2 aliphatic heterocycles. The highest BCUT2D eigenvalue weighted by atomic mass is 16.2. The monoisotopic (exact) mass is 349 g/mol. The van der Waals surface area contributed by atoms with Crippen LogP contribution in [-0.2, 0) is 9.59 Å². The van der Waals surface area contributed by atoms with Gasteiger partial charge < -0.3 is 4.90 Å². The Bertz CT molecular complexity index is 836. The second-order valence-corrected chi connectivity index (χ2v) is 6.80. The van der Waals surface area contributed by atoms with Gasteiger partial charge in [0.15, 0.2) is 0 Å². The zero-order valence-electron chi connectivity index (χ0n) is 15.1. The predicted octanol–water partition coefficient (Wildman–Crippen LogP) is 3.18. The molecule has 2 amide bonds. The molecule has 2 atom stereocenters. The molecule has 2 aromatic carbocycles. The summed E-state index contributed by atoms with van der Waals surface area (Å²) >= 11 is 0. The van der Waals surface area contributed by atoms with Gasteiger partial charge in [-0.2, -0.15) is 0 Å². The summed E-state index contributed by atoms with van der Waals surface area (Å²) in [5, 5.41) is 3.80. The fourth-order valence-electron chi connectivity index (χ4n) is 4.34. The van der Waals surface area contributed by atoms with Crippen LogP contribution in [0.15, 0.2) is 54.6 Å². The van der Waals surface area contributed by atoms with Gasteiger partial charge in [-0.25, -0.2) is 5.01 Å². The molecule has 134 valence electrons. The summed E-state index contributed by atoms with van der Waals surface area (Å²) in [7, 11) is 0. The molecule has 0 aromatic heterocycles. The Labute approximate surface area is 153 Å². The second-order valence-electron chi connectivity index (χ2n) is 6.80. The number of hydrogen-bond donors (Lipinski definition) is 0. The minimum Gasteiger partial charge on any atom is -0.312 e. The lowest BCUT2D eigenvalue weighted by Gasteiger charge is -2.35. The molecule has 1 fully saturated rings. The van der Waals surface area contributed by atoms with Crippen LogP contribution in [0.1, 0.15) is 31.7 Å². The van der Waals surface area contributed by atoms with Crippen LogP contribution >= 0.6 is 0 Å². The average molecular weight is 349 g/mol. The van der Waals surface area contributed by atoms with E-state index >= 15 is 0 Å². The molecule has 2 aromatic rings. The third-order valence-corrected chi connectivity index (χ3v) is 5.38. The third kappa shape index (κ3) is 2.46. The Morgan fingerprint density at radius 3 is 2.46 bits per heavy atom. The number of rotatable bonds is 3. The molecule has 4 rings (SSSR count). The molecule has 0 radical (unpaired) electrons. The maximum atomic E-state index is 13.2. The van der Waals surface area contributed by atoms with Crippen molar-refractivity contribution in [2.75, 3.05) is 23.0 Å². The molecular weight excluding hydrogens is 326 g/mol. The van der Waals surface area contributed by atoms with Gasteiger partial charge in [0, 0.05) is 25.7 Å². The van der Waals surface area contributed by atoms with Crippen LogP contribution in [0.4, 0.5) is 11.4 Å². The number of benzene rings is 2. The van der Waals surface area contributed by atoms with Crippen molar-refractivity contribution < 1.29 is 9.59 Å². The SMILES string of the molecule is CCN1C(=O)C(C2CCN(c3ccccc3)N2C(C)=O)c2ccccc21. The van der Waals surface area contributed by atoms with Crippen molar-refractivity contribution >= 4 is 23.2 Å². The molecule has 2 aliphatic rings. The van der Waals surface area contributed by atoms with E-state index in [0.717, 1.165) is 29.9 Å². The van der Waals surface area contributed by atoms with Gasteiger partial charge in [-0.1, -0.05) is 36.4 Å². The molecule has 0 aliphatic carbocycles. The van der Waals surface area contributed by atoms with Crippen LogP contribution < -0.4 is 9.91 Å². The summed E-state index contributed by atoms with van der Waals surface area (Å²) in [5.41, 5.74) is 2.99. The van der Waals surface area contributed by atoms with Crippen molar-refractivity contribution in [3.63, 3.8) is 0 Å². The normalized spacial score (nSPS) is 22.1. The summed E-state index contributed by atoms with van der Waals surface area (Å²) < 4.78 is 0. The number of fused-ring (bicyclic) bond motifs is 1. The number of carbonyl (C=O) groups is 2. The van der Waals surface area contributed by atoms with Crippen LogP contribution in [0.2, 0.25) is 0 Å². The van der Waals surface area contributed by atoms with E-state index in [4.69, 9.17) is 0 Å². The zero-order chi connectivity index (χ0) is 18.3. The summed E-state index contributed by atoms with van der Waals surface area (Å²) in [4.78, 5) is 27.5. The summed E-state index contributed by atoms with van der Waals surface area (Å²) in [5.74, 6) is -0.236. The van der Waals surface area contributed by atoms with Crippen molar-refractivity contribution in [3.05, 3.63) is 60.2 Å². The van der Waals surface area contributed by atoms with Crippen LogP contribution in [-0.4, -0.2) is 36.0 Å². The van der Waals surface area contributed by atoms with Gasteiger partial charge in [0.2, 0.25) is 11.8 Å². The average Bonchev–Trinajstić information content (AvgIpc) is 3.20. The number of nitrogens with zero attached hydrogens (tertiary/aromatic N) is 3. The fraction of sp³-hybridized carbons (Fsp3) is 0.333. The molecule has 0 spiro atoms. The van der Waals surface area contributed by atoms with Gasteiger partial charge in [-0.3, -0.25) is 14.6 Å². The first-order valence-corrected chi connectivity index (χ1v) is 9.16. The van der Waals surface area contributed by atoms with Crippen molar-refractivity contribution in [1.29, 1.82) is 0 Å². The first-order chi connectivity index (χ1) is 12.6. The summed E-state index contributed by atoms with van der Waals surface area (Å²) in [6, 6.07) is 17.7. The van der Waals surface area contributed by atoms with Crippen LogP contribution in [0, 0.1) is 0 Å². The predicted molar refractivity (Wildman–Crippen MR) is 102 cm³/mol. The van der Waals surface area contributed by atoms with Gasteiger partial charge in [-0.05, 0) is 37.1 Å². The van der Waals surface area contributed by atoms with Crippen molar-refractivity contribution in [2.45, 2.75) is 32.2 Å².